The average Bonchev–Trinajstić information content (AvgIpc) is 2.62. The second-order valence-electron chi connectivity index (χ2n) is 7.09. The SMILES string of the molecule is CC1=C(c2ccccc2)C(=O)N(C(C)(C)C(=O)Cc2cccc(Cl)c2)CO1. The Kier molecular flexibility index (Phi) is 5.38. The van der Waals surface area contributed by atoms with Crippen LogP contribution in [0.1, 0.15) is 31.9 Å². The Morgan fingerprint density at radius 1 is 1.15 bits per heavy atom. The zero-order valence-electron chi connectivity index (χ0n) is 15.7. The fourth-order valence-electron chi connectivity index (χ4n) is 3.12. The number of benzene rings is 2. The van der Waals surface area contributed by atoms with Gasteiger partial charge in [0.05, 0.1) is 11.1 Å². The number of nitrogens with zero attached hydrogens (tertiary/aromatic N) is 1. The Morgan fingerprint density at radius 2 is 1.85 bits per heavy atom. The van der Waals surface area contributed by atoms with E-state index in [0.29, 0.717) is 16.4 Å². The van der Waals surface area contributed by atoms with Crippen LogP contribution in [-0.2, 0) is 20.7 Å². The smallest absolute Gasteiger partial charge is 0.261 e. The quantitative estimate of drug-likeness (QED) is 0.764. The molecule has 0 fully saturated rings. The van der Waals surface area contributed by atoms with Crippen LogP contribution < -0.4 is 0 Å². The molecule has 1 aliphatic heterocycles. The Bertz CT molecular complexity index is 903. The van der Waals surface area contributed by atoms with Gasteiger partial charge in [0.1, 0.15) is 5.76 Å². The molecular formula is C22H22ClNO3. The summed E-state index contributed by atoms with van der Waals surface area (Å²) >= 11 is 6.02. The molecule has 0 atom stereocenters. The van der Waals surface area contributed by atoms with Gasteiger partial charge in [0, 0.05) is 11.4 Å². The van der Waals surface area contributed by atoms with E-state index < -0.39 is 5.54 Å². The topological polar surface area (TPSA) is 46.6 Å². The molecule has 0 spiro atoms. The van der Waals surface area contributed by atoms with Crippen LogP contribution in [0.15, 0.2) is 60.4 Å². The fraction of sp³-hybridized carbons (Fsp3) is 0.273. The summed E-state index contributed by atoms with van der Waals surface area (Å²) in [7, 11) is 0. The second kappa shape index (κ2) is 7.57. The minimum atomic E-state index is -1.01. The first kappa shape index (κ1) is 19.2. The molecule has 1 aliphatic rings. The van der Waals surface area contributed by atoms with E-state index in [-0.39, 0.29) is 24.8 Å². The fourth-order valence-corrected chi connectivity index (χ4v) is 3.34. The van der Waals surface area contributed by atoms with E-state index in [0.717, 1.165) is 11.1 Å². The van der Waals surface area contributed by atoms with Crippen LogP contribution in [0.4, 0.5) is 0 Å². The van der Waals surface area contributed by atoms with Gasteiger partial charge in [-0.05, 0) is 44.0 Å². The van der Waals surface area contributed by atoms with Crippen LogP contribution in [-0.4, -0.2) is 28.9 Å². The minimum absolute atomic E-state index is 0.0509. The van der Waals surface area contributed by atoms with Gasteiger partial charge >= 0.3 is 0 Å². The van der Waals surface area contributed by atoms with Crippen molar-refractivity contribution in [1.29, 1.82) is 0 Å². The number of carbonyl (C=O) groups is 2. The normalized spacial score (nSPS) is 15.0. The molecule has 2 aromatic carbocycles. The number of rotatable bonds is 5. The summed E-state index contributed by atoms with van der Waals surface area (Å²) in [6, 6.07) is 16.6. The number of allylic oxidation sites excluding steroid dienone is 1. The van der Waals surface area contributed by atoms with Crippen molar-refractivity contribution in [3.63, 3.8) is 0 Å². The molecule has 1 heterocycles. The van der Waals surface area contributed by atoms with Gasteiger partial charge in [0.15, 0.2) is 12.5 Å². The third-order valence-corrected chi connectivity index (χ3v) is 5.13. The van der Waals surface area contributed by atoms with Crippen LogP contribution in [0.2, 0.25) is 5.02 Å². The van der Waals surface area contributed by atoms with Crippen LogP contribution in [0, 0.1) is 0 Å². The standard InChI is InChI=1S/C22H22ClNO3/c1-15-20(17-9-5-4-6-10-17)21(26)24(14-27-15)22(2,3)19(25)13-16-8-7-11-18(23)12-16/h4-12H,13-14H2,1-3H3. The van der Waals surface area contributed by atoms with E-state index in [1.807, 2.05) is 42.5 Å². The predicted molar refractivity (Wildman–Crippen MR) is 106 cm³/mol. The van der Waals surface area contributed by atoms with Gasteiger partial charge in [-0.2, -0.15) is 0 Å². The van der Waals surface area contributed by atoms with Crippen molar-refractivity contribution in [3.8, 4) is 0 Å². The van der Waals surface area contributed by atoms with Gasteiger partial charge in [-0.25, -0.2) is 0 Å². The second-order valence-corrected chi connectivity index (χ2v) is 7.53. The van der Waals surface area contributed by atoms with E-state index in [1.54, 1.807) is 32.9 Å². The number of halogens is 1. The van der Waals surface area contributed by atoms with Crippen LogP contribution >= 0.6 is 11.6 Å². The van der Waals surface area contributed by atoms with Crippen molar-refractivity contribution in [1.82, 2.24) is 4.90 Å². The van der Waals surface area contributed by atoms with E-state index in [4.69, 9.17) is 16.3 Å². The molecule has 0 aromatic heterocycles. The van der Waals surface area contributed by atoms with E-state index in [9.17, 15) is 9.59 Å². The molecule has 0 radical (unpaired) electrons. The number of hydrogen-bond donors (Lipinski definition) is 0. The highest BCUT2D eigenvalue weighted by atomic mass is 35.5. The molecule has 27 heavy (non-hydrogen) atoms. The number of amides is 1. The molecule has 0 N–H and O–H groups in total. The van der Waals surface area contributed by atoms with Crippen LogP contribution in [0.5, 0.6) is 0 Å². The zero-order valence-corrected chi connectivity index (χ0v) is 16.4. The van der Waals surface area contributed by atoms with Gasteiger partial charge < -0.3 is 4.74 Å². The van der Waals surface area contributed by atoms with E-state index >= 15 is 0 Å². The van der Waals surface area contributed by atoms with E-state index in [2.05, 4.69) is 0 Å². The molecule has 0 bridgehead atoms. The first-order chi connectivity index (χ1) is 12.8. The predicted octanol–water partition coefficient (Wildman–Crippen LogP) is 4.48. The number of Topliss-reactive ketones (excluding diaryl/α,β-unsaturated/α-hetero) is 1. The molecule has 3 rings (SSSR count). The van der Waals surface area contributed by atoms with Crippen molar-refractivity contribution in [2.75, 3.05) is 6.73 Å². The van der Waals surface area contributed by atoms with Crippen molar-refractivity contribution in [3.05, 3.63) is 76.5 Å². The molecule has 1 amide bonds. The van der Waals surface area contributed by atoms with Gasteiger partial charge in [0.25, 0.3) is 5.91 Å². The summed E-state index contributed by atoms with van der Waals surface area (Å²) in [4.78, 5) is 27.7. The maximum Gasteiger partial charge on any atom is 0.261 e. The molecule has 140 valence electrons. The minimum Gasteiger partial charge on any atom is -0.477 e. The summed E-state index contributed by atoms with van der Waals surface area (Å²) in [5.41, 5.74) is 1.08. The van der Waals surface area contributed by atoms with Crippen molar-refractivity contribution < 1.29 is 14.3 Å². The number of hydrogen-bond acceptors (Lipinski definition) is 3. The van der Waals surface area contributed by atoms with E-state index in [1.165, 1.54) is 4.90 Å². The molecule has 5 heteroatoms. The summed E-state index contributed by atoms with van der Waals surface area (Å²) < 4.78 is 5.75. The molecule has 0 saturated carbocycles. The Labute approximate surface area is 164 Å². The number of ketones is 1. The third-order valence-electron chi connectivity index (χ3n) is 4.89. The molecule has 4 nitrogen and oxygen atoms in total. The monoisotopic (exact) mass is 383 g/mol. The maximum absolute atomic E-state index is 13.2. The van der Waals surface area contributed by atoms with Gasteiger partial charge in [-0.3, -0.25) is 14.5 Å². The van der Waals surface area contributed by atoms with Gasteiger partial charge in [0.2, 0.25) is 0 Å². The maximum atomic E-state index is 13.2. The van der Waals surface area contributed by atoms with Gasteiger partial charge in [-0.15, -0.1) is 0 Å². The molecule has 2 aromatic rings. The highest BCUT2D eigenvalue weighted by molar-refractivity contribution is 6.30. The Hall–Kier alpha value is -2.59. The highest BCUT2D eigenvalue weighted by Crippen LogP contribution is 2.31. The average molecular weight is 384 g/mol. The summed E-state index contributed by atoms with van der Waals surface area (Å²) in [5.74, 6) is 0.295. The van der Waals surface area contributed by atoms with Crippen molar-refractivity contribution in [2.24, 2.45) is 0 Å². The van der Waals surface area contributed by atoms with Crippen LogP contribution in [0.25, 0.3) is 5.57 Å². The Morgan fingerprint density at radius 3 is 2.52 bits per heavy atom. The lowest BCUT2D eigenvalue weighted by Gasteiger charge is -2.40. The molecule has 0 aliphatic carbocycles. The molecular weight excluding hydrogens is 362 g/mol. The zero-order chi connectivity index (χ0) is 19.6. The lowest BCUT2D eigenvalue weighted by atomic mass is 9.90. The Balaban J connectivity index is 1.86. The number of carbonyl (C=O) groups excluding carboxylic acids is 2. The third kappa shape index (κ3) is 3.91. The highest BCUT2D eigenvalue weighted by Gasteiger charge is 2.41. The summed E-state index contributed by atoms with van der Waals surface area (Å²) in [5, 5.41) is 0.584. The lowest BCUT2D eigenvalue weighted by Crippen LogP contribution is -2.56. The first-order valence-electron chi connectivity index (χ1n) is 8.79. The molecule has 0 unspecified atom stereocenters. The number of ether oxygens (including phenoxy) is 1. The van der Waals surface area contributed by atoms with Gasteiger partial charge in [-0.1, -0.05) is 54.1 Å². The molecule has 0 saturated heterocycles. The van der Waals surface area contributed by atoms with Crippen molar-refractivity contribution in [2.45, 2.75) is 32.7 Å². The van der Waals surface area contributed by atoms with Crippen LogP contribution in [0.3, 0.4) is 0 Å². The first-order valence-corrected chi connectivity index (χ1v) is 9.17. The van der Waals surface area contributed by atoms with Crippen molar-refractivity contribution >= 4 is 28.9 Å². The largest absolute Gasteiger partial charge is 0.477 e. The summed E-state index contributed by atoms with van der Waals surface area (Å²) in [6.45, 7) is 5.34. The summed E-state index contributed by atoms with van der Waals surface area (Å²) in [6.07, 6.45) is 0.195. The lowest BCUT2D eigenvalue weighted by molar-refractivity contribution is -0.148.